The van der Waals surface area contributed by atoms with Crippen LogP contribution < -0.4 is 5.32 Å². The van der Waals surface area contributed by atoms with Crippen molar-refractivity contribution in [2.45, 2.75) is 6.54 Å². The summed E-state index contributed by atoms with van der Waals surface area (Å²) < 4.78 is 0.924. The van der Waals surface area contributed by atoms with Crippen molar-refractivity contribution in [3.05, 3.63) is 40.9 Å². The Morgan fingerprint density at radius 3 is 2.92 bits per heavy atom. The number of hydrogen-bond acceptors (Lipinski definition) is 2. The molecule has 0 spiro atoms. The number of halogens is 1. The predicted molar refractivity (Wildman–Crippen MR) is 57.9 cm³/mol. The van der Waals surface area contributed by atoms with Crippen LogP contribution in [-0.2, 0) is 6.54 Å². The third-order valence-electron chi connectivity index (χ3n) is 1.56. The summed E-state index contributed by atoms with van der Waals surface area (Å²) in [5, 5.41) is 12.3. The van der Waals surface area contributed by atoms with Crippen molar-refractivity contribution in [3.63, 3.8) is 0 Å². The fourth-order valence-electron chi connectivity index (χ4n) is 1.01. The number of nitrogens with one attached hydrogen (secondary N) is 1. The van der Waals surface area contributed by atoms with Gasteiger partial charge in [-0.1, -0.05) is 34.6 Å². The molecular weight excluding hydrogens is 230 g/mol. The average Bonchev–Trinajstić information content (AvgIpc) is 2.03. The lowest BCUT2D eigenvalue weighted by molar-refractivity contribution is 0.474. The number of benzene rings is 1. The maximum Gasteiger partial charge on any atom is 0.115 e. The van der Waals surface area contributed by atoms with Crippen molar-refractivity contribution < 1.29 is 5.11 Å². The topological polar surface area (TPSA) is 32.3 Å². The fourth-order valence-corrected chi connectivity index (χ4v) is 1.21. The van der Waals surface area contributed by atoms with E-state index in [4.69, 9.17) is 5.11 Å². The third kappa shape index (κ3) is 4.10. The molecule has 0 amide bonds. The largest absolute Gasteiger partial charge is 0.508 e. The van der Waals surface area contributed by atoms with Crippen molar-refractivity contribution in [1.82, 2.24) is 5.32 Å². The second-order valence-corrected chi connectivity index (χ2v) is 3.91. The zero-order valence-corrected chi connectivity index (χ0v) is 8.84. The predicted octanol–water partition coefficient (Wildman–Crippen LogP) is 2.39. The molecule has 0 radical (unpaired) electrons. The maximum atomic E-state index is 9.17. The van der Waals surface area contributed by atoms with Crippen LogP contribution in [0.15, 0.2) is 35.3 Å². The SMILES string of the molecule is C=C(Br)CNCc1cccc(O)c1. The smallest absolute Gasteiger partial charge is 0.115 e. The first kappa shape index (κ1) is 10.3. The fraction of sp³-hybridized carbons (Fsp3) is 0.200. The van der Waals surface area contributed by atoms with Gasteiger partial charge in [0.25, 0.3) is 0 Å². The highest BCUT2D eigenvalue weighted by atomic mass is 79.9. The summed E-state index contributed by atoms with van der Waals surface area (Å²) in [7, 11) is 0. The minimum atomic E-state index is 0.303. The Kier molecular flexibility index (Phi) is 3.99. The Morgan fingerprint density at radius 2 is 2.31 bits per heavy atom. The second-order valence-electron chi connectivity index (χ2n) is 2.79. The molecule has 0 unspecified atom stereocenters. The molecule has 0 saturated heterocycles. The van der Waals surface area contributed by atoms with Gasteiger partial charge >= 0.3 is 0 Å². The van der Waals surface area contributed by atoms with Crippen LogP contribution in [0.2, 0.25) is 0 Å². The van der Waals surface area contributed by atoms with Crippen molar-refractivity contribution in [2.24, 2.45) is 0 Å². The van der Waals surface area contributed by atoms with E-state index in [0.717, 1.165) is 23.1 Å². The normalized spacial score (nSPS) is 9.92. The van der Waals surface area contributed by atoms with Gasteiger partial charge in [-0.05, 0) is 17.7 Å². The molecular formula is C10H12BrNO. The first-order valence-corrected chi connectivity index (χ1v) is 4.79. The van der Waals surface area contributed by atoms with Crippen LogP contribution in [0, 0.1) is 0 Å². The van der Waals surface area contributed by atoms with Crippen LogP contribution in [0.25, 0.3) is 0 Å². The molecule has 2 nitrogen and oxygen atoms in total. The molecule has 2 N–H and O–H groups in total. The summed E-state index contributed by atoms with van der Waals surface area (Å²) in [4.78, 5) is 0. The van der Waals surface area contributed by atoms with Gasteiger partial charge in [-0.15, -0.1) is 0 Å². The molecule has 0 aliphatic rings. The molecule has 1 rings (SSSR count). The van der Waals surface area contributed by atoms with Gasteiger partial charge in [-0.3, -0.25) is 0 Å². The molecule has 70 valence electrons. The number of phenolic OH excluding ortho intramolecular Hbond substituents is 1. The van der Waals surface area contributed by atoms with E-state index in [0.29, 0.717) is 5.75 Å². The third-order valence-corrected chi connectivity index (χ3v) is 1.84. The molecule has 0 heterocycles. The number of hydrogen-bond donors (Lipinski definition) is 2. The van der Waals surface area contributed by atoms with Crippen LogP contribution >= 0.6 is 15.9 Å². The van der Waals surface area contributed by atoms with Gasteiger partial charge in [-0.2, -0.15) is 0 Å². The zero-order chi connectivity index (χ0) is 9.68. The van der Waals surface area contributed by atoms with Gasteiger partial charge < -0.3 is 10.4 Å². The Balaban J connectivity index is 2.41. The van der Waals surface area contributed by atoms with Crippen molar-refractivity contribution in [3.8, 4) is 5.75 Å². The van der Waals surface area contributed by atoms with E-state index in [9.17, 15) is 0 Å². The summed E-state index contributed by atoms with van der Waals surface area (Å²) in [6.45, 7) is 5.18. The molecule has 0 aromatic heterocycles. The Labute approximate surface area is 86.4 Å². The first-order chi connectivity index (χ1) is 6.18. The lowest BCUT2D eigenvalue weighted by Crippen LogP contribution is -2.14. The van der Waals surface area contributed by atoms with Crippen LogP contribution in [0.4, 0.5) is 0 Å². The van der Waals surface area contributed by atoms with E-state index in [2.05, 4.69) is 27.8 Å². The standard InChI is InChI=1S/C10H12BrNO/c1-8(11)6-12-7-9-3-2-4-10(13)5-9/h2-5,12-13H,1,6-7H2. The van der Waals surface area contributed by atoms with Crippen LogP contribution in [0.3, 0.4) is 0 Å². The van der Waals surface area contributed by atoms with Gasteiger partial charge in [0.05, 0.1) is 0 Å². The summed E-state index contributed by atoms with van der Waals surface area (Å²) in [6, 6.07) is 7.19. The highest BCUT2D eigenvalue weighted by Crippen LogP contribution is 2.10. The molecule has 0 atom stereocenters. The summed E-state index contributed by atoms with van der Waals surface area (Å²) in [5.41, 5.74) is 1.06. The second kappa shape index (κ2) is 5.04. The molecule has 0 fully saturated rings. The number of aromatic hydroxyl groups is 1. The Bertz CT molecular complexity index is 299. The maximum absolute atomic E-state index is 9.17. The molecule has 0 aliphatic heterocycles. The molecule has 3 heteroatoms. The lowest BCUT2D eigenvalue weighted by atomic mass is 10.2. The highest BCUT2D eigenvalue weighted by molar-refractivity contribution is 9.11. The monoisotopic (exact) mass is 241 g/mol. The van der Waals surface area contributed by atoms with Gasteiger partial charge in [-0.25, -0.2) is 0 Å². The number of phenols is 1. The lowest BCUT2D eigenvalue weighted by Gasteiger charge is -2.03. The average molecular weight is 242 g/mol. The summed E-state index contributed by atoms with van der Waals surface area (Å²) in [5.74, 6) is 0.303. The highest BCUT2D eigenvalue weighted by Gasteiger charge is 1.93. The first-order valence-electron chi connectivity index (χ1n) is 4.00. The van der Waals surface area contributed by atoms with Gasteiger partial charge in [0.2, 0.25) is 0 Å². The van der Waals surface area contributed by atoms with Gasteiger partial charge in [0.15, 0.2) is 0 Å². The molecule has 1 aromatic rings. The van der Waals surface area contributed by atoms with Crippen LogP contribution in [0.1, 0.15) is 5.56 Å². The quantitative estimate of drug-likeness (QED) is 0.849. The van der Waals surface area contributed by atoms with E-state index in [1.54, 1.807) is 12.1 Å². The minimum Gasteiger partial charge on any atom is -0.508 e. The van der Waals surface area contributed by atoms with Gasteiger partial charge in [0, 0.05) is 17.6 Å². The minimum absolute atomic E-state index is 0.303. The van der Waals surface area contributed by atoms with Crippen LogP contribution in [0.5, 0.6) is 5.75 Å². The van der Waals surface area contributed by atoms with E-state index < -0.39 is 0 Å². The van der Waals surface area contributed by atoms with Crippen molar-refractivity contribution in [2.75, 3.05) is 6.54 Å². The van der Waals surface area contributed by atoms with Gasteiger partial charge in [0.1, 0.15) is 5.75 Å². The van der Waals surface area contributed by atoms with Crippen molar-refractivity contribution >= 4 is 15.9 Å². The van der Waals surface area contributed by atoms with Crippen molar-refractivity contribution in [1.29, 1.82) is 0 Å². The summed E-state index contributed by atoms with van der Waals surface area (Å²) in [6.07, 6.45) is 0. The Morgan fingerprint density at radius 1 is 1.54 bits per heavy atom. The molecule has 0 aliphatic carbocycles. The van der Waals surface area contributed by atoms with E-state index in [1.807, 2.05) is 12.1 Å². The van der Waals surface area contributed by atoms with Crippen LogP contribution in [-0.4, -0.2) is 11.7 Å². The number of rotatable bonds is 4. The zero-order valence-electron chi connectivity index (χ0n) is 7.26. The molecule has 0 bridgehead atoms. The molecule has 13 heavy (non-hydrogen) atoms. The Hall–Kier alpha value is -0.800. The summed E-state index contributed by atoms with van der Waals surface area (Å²) >= 11 is 3.26. The molecule has 0 saturated carbocycles. The van der Waals surface area contributed by atoms with E-state index in [-0.39, 0.29) is 0 Å². The van der Waals surface area contributed by atoms with E-state index >= 15 is 0 Å². The molecule has 1 aromatic carbocycles. The van der Waals surface area contributed by atoms with E-state index in [1.165, 1.54) is 0 Å².